The maximum atomic E-state index is 12.2. The molecule has 0 bridgehead atoms. The van der Waals surface area contributed by atoms with Gasteiger partial charge in [0.2, 0.25) is 0 Å². The van der Waals surface area contributed by atoms with E-state index in [9.17, 15) is 4.79 Å². The van der Waals surface area contributed by atoms with Crippen LogP contribution in [-0.2, 0) is 0 Å². The highest BCUT2D eigenvalue weighted by Crippen LogP contribution is 2.40. The van der Waals surface area contributed by atoms with E-state index in [1.54, 1.807) is 0 Å². The Bertz CT molecular complexity index is 400. The van der Waals surface area contributed by atoms with Crippen molar-refractivity contribution >= 4 is 11.7 Å². The quantitative estimate of drug-likeness (QED) is 0.832. The largest absolute Gasteiger partial charge is 0.322 e. The van der Waals surface area contributed by atoms with E-state index < -0.39 is 0 Å². The number of likely N-dealkylation sites (tertiary alicyclic amines) is 1. The summed E-state index contributed by atoms with van der Waals surface area (Å²) in [5.41, 5.74) is 0.888. The summed E-state index contributed by atoms with van der Waals surface area (Å²) in [7, 11) is 0. The van der Waals surface area contributed by atoms with E-state index >= 15 is 0 Å². The van der Waals surface area contributed by atoms with Gasteiger partial charge in [-0.25, -0.2) is 4.79 Å². The van der Waals surface area contributed by atoms with Crippen LogP contribution in [0.4, 0.5) is 10.5 Å². The van der Waals surface area contributed by atoms with Crippen LogP contribution in [0, 0.1) is 5.92 Å². The van der Waals surface area contributed by atoms with Crippen LogP contribution in [0.3, 0.4) is 0 Å². The van der Waals surface area contributed by atoms with Crippen LogP contribution < -0.4 is 5.32 Å². The second kappa shape index (κ2) is 4.40. The Kier molecular flexibility index (Phi) is 2.75. The van der Waals surface area contributed by atoms with Crippen LogP contribution in [0.2, 0.25) is 0 Å². The Morgan fingerprint density at radius 3 is 2.65 bits per heavy atom. The maximum Gasteiger partial charge on any atom is 0.322 e. The van der Waals surface area contributed by atoms with Crippen LogP contribution in [0.5, 0.6) is 0 Å². The van der Waals surface area contributed by atoms with Gasteiger partial charge in [0.05, 0.1) is 0 Å². The summed E-state index contributed by atoms with van der Waals surface area (Å²) in [5, 5.41) is 2.98. The molecule has 1 N–H and O–H groups in total. The number of rotatable bonds is 2. The molecule has 2 fully saturated rings. The molecular formula is C14H18N2O. The van der Waals surface area contributed by atoms with Crippen molar-refractivity contribution < 1.29 is 4.79 Å². The molecule has 3 heteroatoms. The fraction of sp³-hybridized carbons (Fsp3) is 0.500. The number of amides is 2. The SMILES string of the molecule is O=C(Nc1ccccc1)N1CCCC1C1CC1. The first kappa shape index (κ1) is 10.6. The minimum atomic E-state index is 0.0746. The second-order valence-electron chi connectivity index (χ2n) is 5.04. The summed E-state index contributed by atoms with van der Waals surface area (Å²) in [4.78, 5) is 14.2. The number of carbonyl (C=O) groups excluding carboxylic acids is 1. The molecule has 90 valence electrons. The van der Waals surface area contributed by atoms with Crippen LogP contribution in [0.15, 0.2) is 30.3 Å². The van der Waals surface area contributed by atoms with Gasteiger partial charge in [0.1, 0.15) is 0 Å². The zero-order valence-electron chi connectivity index (χ0n) is 9.93. The average molecular weight is 230 g/mol. The van der Waals surface area contributed by atoms with E-state index in [1.165, 1.54) is 19.3 Å². The Morgan fingerprint density at radius 1 is 1.18 bits per heavy atom. The van der Waals surface area contributed by atoms with Gasteiger partial charge in [0.25, 0.3) is 0 Å². The van der Waals surface area contributed by atoms with Crippen molar-refractivity contribution in [2.75, 3.05) is 11.9 Å². The normalized spacial score (nSPS) is 23.8. The van der Waals surface area contributed by atoms with E-state index in [1.807, 2.05) is 35.2 Å². The number of anilines is 1. The van der Waals surface area contributed by atoms with E-state index in [0.29, 0.717) is 6.04 Å². The van der Waals surface area contributed by atoms with Crippen molar-refractivity contribution in [2.24, 2.45) is 5.92 Å². The van der Waals surface area contributed by atoms with Gasteiger partial charge in [0.15, 0.2) is 0 Å². The van der Waals surface area contributed by atoms with E-state index in [4.69, 9.17) is 0 Å². The number of benzene rings is 1. The van der Waals surface area contributed by atoms with E-state index in [-0.39, 0.29) is 6.03 Å². The predicted octanol–water partition coefficient (Wildman–Crippen LogP) is 3.09. The maximum absolute atomic E-state index is 12.2. The number of nitrogens with one attached hydrogen (secondary N) is 1. The second-order valence-corrected chi connectivity index (χ2v) is 5.04. The van der Waals surface area contributed by atoms with Crippen molar-refractivity contribution in [3.63, 3.8) is 0 Å². The third-order valence-corrected chi connectivity index (χ3v) is 3.75. The van der Waals surface area contributed by atoms with Crippen molar-refractivity contribution in [1.82, 2.24) is 4.90 Å². The van der Waals surface area contributed by atoms with Gasteiger partial charge in [-0.3, -0.25) is 0 Å². The molecule has 1 aromatic rings. The van der Waals surface area contributed by atoms with Crippen LogP contribution in [-0.4, -0.2) is 23.5 Å². The van der Waals surface area contributed by atoms with Crippen molar-refractivity contribution in [1.29, 1.82) is 0 Å². The first-order valence-corrected chi connectivity index (χ1v) is 6.47. The standard InChI is InChI=1S/C14H18N2O/c17-14(15-12-5-2-1-3-6-12)16-10-4-7-13(16)11-8-9-11/h1-3,5-6,11,13H,4,7-10H2,(H,15,17). The zero-order chi connectivity index (χ0) is 11.7. The molecule has 0 radical (unpaired) electrons. The van der Waals surface area contributed by atoms with E-state index in [2.05, 4.69) is 5.32 Å². The fourth-order valence-corrected chi connectivity index (χ4v) is 2.73. The molecule has 1 atom stereocenters. The number of nitrogens with zero attached hydrogens (tertiary/aromatic N) is 1. The molecule has 3 rings (SSSR count). The lowest BCUT2D eigenvalue weighted by atomic mass is 10.1. The Balaban J connectivity index is 1.65. The molecule has 1 unspecified atom stereocenters. The third kappa shape index (κ3) is 2.28. The molecule has 1 aliphatic carbocycles. The Morgan fingerprint density at radius 2 is 1.94 bits per heavy atom. The third-order valence-electron chi connectivity index (χ3n) is 3.75. The monoisotopic (exact) mass is 230 g/mol. The van der Waals surface area contributed by atoms with E-state index in [0.717, 1.165) is 24.6 Å². The summed E-state index contributed by atoms with van der Waals surface area (Å²) in [6.45, 7) is 0.917. The topological polar surface area (TPSA) is 32.3 Å². The molecule has 0 spiro atoms. The first-order chi connectivity index (χ1) is 8.34. The molecule has 17 heavy (non-hydrogen) atoms. The lowest BCUT2D eigenvalue weighted by molar-refractivity contribution is 0.200. The first-order valence-electron chi connectivity index (χ1n) is 6.47. The summed E-state index contributed by atoms with van der Waals surface area (Å²) in [6.07, 6.45) is 4.95. The minimum Gasteiger partial charge on any atom is -0.321 e. The van der Waals surface area contributed by atoms with Crippen LogP contribution in [0.25, 0.3) is 0 Å². The Hall–Kier alpha value is -1.51. The summed E-state index contributed by atoms with van der Waals surface area (Å²) < 4.78 is 0. The molecule has 2 aliphatic rings. The molecule has 1 aliphatic heterocycles. The van der Waals surface area contributed by atoms with Gasteiger partial charge in [-0.15, -0.1) is 0 Å². The molecule has 1 saturated carbocycles. The van der Waals surface area contributed by atoms with Crippen molar-refractivity contribution in [3.8, 4) is 0 Å². The average Bonchev–Trinajstić information content (AvgIpc) is 3.08. The molecule has 3 nitrogen and oxygen atoms in total. The lowest BCUT2D eigenvalue weighted by Crippen LogP contribution is -2.39. The van der Waals surface area contributed by atoms with Gasteiger partial charge in [-0.2, -0.15) is 0 Å². The van der Waals surface area contributed by atoms with Crippen molar-refractivity contribution in [3.05, 3.63) is 30.3 Å². The molecule has 0 aromatic heterocycles. The molecular weight excluding hydrogens is 212 g/mol. The van der Waals surface area contributed by atoms with Gasteiger partial charge in [-0.1, -0.05) is 18.2 Å². The number of para-hydroxylation sites is 1. The highest BCUT2D eigenvalue weighted by Gasteiger charge is 2.39. The fourth-order valence-electron chi connectivity index (χ4n) is 2.73. The molecule has 1 heterocycles. The molecule has 2 amide bonds. The Labute approximate surface area is 102 Å². The predicted molar refractivity (Wildman–Crippen MR) is 67.9 cm³/mol. The number of hydrogen-bond donors (Lipinski definition) is 1. The van der Waals surface area contributed by atoms with Crippen LogP contribution >= 0.6 is 0 Å². The van der Waals surface area contributed by atoms with Gasteiger partial charge in [-0.05, 0) is 43.7 Å². The summed E-state index contributed by atoms with van der Waals surface area (Å²) in [5.74, 6) is 0.777. The van der Waals surface area contributed by atoms with Crippen molar-refractivity contribution in [2.45, 2.75) is 31.7 Å². The smallest absolute Gasteiger partial charge is 0.321 e. The molecule has 1 aromatic carbocycles. The highest BCUT2D eigenvalue weighted by molar-refractivity contribution is 5.89. The highest BCUT2D eigenvalue weighted by atomic mass is 16.2. The van der Waals surface area contributed by atoms with Gasteiger partial charge in [0, 0.05) is 18.3 Å². The zero-order valence-corrected chi connectivity index (χ0v) is 9.93. The molecule has 1 saturated heterocycles. The summed E-state index contributed by atoms with van der Waals surface area (Å²) >= 11 is 0. The van der Waals surface area contributed by atoms with Gasteiger partial charge >= 0.3 is 6.03 Å². The number of carbonyl (C=O) groups is 1. The minimum absolute atomic E-state index is 0.0746. The lowest BCUT2D eigenvalue weighted by Gasteiger charge is -2.24. The number of urea groups is 1. The number of hydrogen-bond acceptors (Lipinski definition) is 1. The summed E-state index contributed by atoms with van der Waals surface area (Å²) in [6, 6.07) is 10.3. The van der Waals surface area contributed by atoms with Gasteiger partial charge < -0.3 is 10.2 Å². The van der Waals surface area contributed by atoms with Crippen LogP contribution in [0.1, 0.15) is 25.7 Å².